The second kappa shape index (κ2) is 14.5. The van der Waals surface area contributed by atoms with Crippen molar-refractivity contribution in [3.63, 3.8) is 0 Å². The van der Waals surface area contributed by atoms with E-state index >= 15 is 0 Å². The largest absolute Gasteiger partial charge is 2.00 e. The van der Waals surface area contributed by atoms with Crippen LogP contribution in [-0.4, -0.2) is 23.1 Å². The second-order valence-corrected chi connectivity index (χ2v) is 4.26. The van der Waals surface area contributed by atoms with E-state index in [-0.39, 0.29) is 40.0 Å². The molecule has 0 aliphatic heterocycles. The van der Waals surface area contributed by atoms with Crippen molar-refractivity contribution in [3.05, 3.63) is 35.9 Å². The second-order valence-electron chi connectivity index (χ2n) is 4.26. The van der Waals surface area contributed by atoms with Gasteiger partial charge in [-0.2, -0.15) is 35.9 Å². The summed E-state index contributed by atoms with van der Waals surface area (Å²) in [6.07, 6.45) is 10.9. The molecule has 92 valence electrons. The number of halogens is 1. The molecule has 0 unspecified atom stereocenters. The molecule has 2 heteroatoms. The van der Waals surface area contributed by atoms with E-state index in [1.807, 2.05) is 12.1 Å². The molecule has 0 saturated carbocycles. The molecule has 0 spiro atoms. The Kier molecular flexibility index (Phi) is 16.9. The van der Waals surface area contributed by atoms with E-state index < -0.39 is 0 Å². The predicted octanol–water partition coefficient (Wildman–Crippen LogP) is 1.40. The molecule has 1 rings (SSSR count). The van der Waals surface area contributed by atoms with Crippen molar-refractivity contribution < 1.29 is 17.0 Å². The van der Waals surface area contributed by atoms with Gasteiger partial charge in [-0.15, -0.1) is 0 Å². The van der Waals surface area contributed by atoms with Gasteiger partial charge in [0.15, 0.2) is 0 Å². The van der Waals surface area contributed by atoms with Gasteiger partial charge in [-0.05, 0) is 0 Å². The number of unbranched alkanes of at least 4 members (excludes halogenated alkanes) is 6. The standard InChI is InChI=1S/C15H23.BrH.Mg/c1-2-3-4-5-6-7-9-12-15-13-10-8-11-14-15;;/h8,10-11,13H,2-7,9,12H2,1H3;1H;/q-1;;+2/p-1. The summed E-state index contributed by atoms with van der Waals surface area (Å²) in [7, 11) is 0. The SMILES string of the molecule is CCCCCCCCCc1[c-]cccc1.[Br-].[Mg+2]. The third kappa shape index (κ3) is 11.3. The van der Waals surface area contributed by atoms with Crippen molar-refractivity contribution in [2.75, 3.05) is 0 Å². The van der Waals surface area contributed by atoms with Gasteiger partial charge in [-0.25, -0.2) is 0 Å². The predicted molar refractivity (Wildman–Crippen MR) is 72.7 cm³/mol. The fourth-order valence-electron chi connectivity index (χ4n) is 1.86. The molecule has 0 fully saturated rings. The summed E-state index contributed by atoms with van der Waals surface area (Å²) in [6, 6.07) is 11.6. The van der Waals surface area contributed by atoms with Crippen molar-refractivity contribution in [2.24, 2.45) is 0 Å². The first-order chi connectivity index (χ1) is 7.43. The van der Waals surface area contributed by atoms with Crippen LogP contribution < -0.4 is 17.0 Å². The van der Waals surface area contributed by atoms with Crippen LogP contribution in [0.3, 0.4) is 0 Å². The summed E-state index contributed by atoms with van der Waals surface area (Å²) in [5.74, 6) is 0. The van der Waals surface area contributed by atoms with Crippen LogP contribution in [0.2, 0.25) is 0 Å². The normalized spacial score (nSPS) is 9.24. The van der Waals surface area contributed by atoms with Gasteiger partial charge < -0.3 is 17.0 Å². The van der Waals surface area contributed by atoms with E-state index in [1.165, 1.54) is 56.9 Å². The van der Waals surface area contributed by atoms with Crippen LogP contribution in [-0.2, 0) is 6.42 Å². The molecule has 0 bridgehead atoms. The zero-order valence-electron chi connectivity index (χ0n) is 11.1. The van der Waals surface area contributed by atoms with Gasteiger partial charge in [0, 0.05) is 0 Å². The molecular weight excluding hydrogens is 284 g/mol. The van der Waals surface area contributed by atoms with Crippen LogP contribution in [0.25, 0.3) is 0 Å². The topological polar surface area (TPSA) is 0 Å². The third-order valence-corrected chi connectivity index (χ3v) is 2.82. The monoisotopic (exact) mass is 306 g/mol. The molecule has 0 aliphatic carbocycles. The minimum Gasteiger partial charge on any atom is -1.00 e. The average Bonchev–Trinajstić information content (AvgIpc) is 2.29. The number of aryl methyl sites for hydroxylation is 1. The molecule has 0 saturated heterocycles. The summed E-state index contributed by atoms with van der Waals surface area (Å²) in [4.78, 5) is 0. The molecule has 1 aromatic carbocycles. The Morgan fingerprint density at radius 2 is 1.59 bits per heavy atom. The maximum Gasteiger partial charge on any atom is 2.00 e. The van der Waals surface area contributed by atoms with Crippen LogP contribution in [0, 0.1) is 6.07 Å². The zero-order chi connectivity index (χ0) is 10.8. The summed E-state index contributed by atoms with van der Waals surface area (Å²) >= 11 is 0. The van der Waals surface area contributed by atoms with E-state index in [0.29, 0.717) is 0 Å². The van der Waals surface area contributed by atoms with Gasteiger partial charge in [0.05, 0.1) is 0 Å². The van der Waals surface area contributed by atoms with Crippen molar-refractivity contribution in [2.45, 2.75) is 58.3 Å². The Morgan fingerprint density at radius 1 is 0.941 bits per heavy atom. The van der Waals surface area contributed by atoms with E-state index in [1.54, 1.807) is 0 Å². The molecule has 0 heterocycles. The van der Waals surface area contributed by atoms with E-state index in [2.05, 4.69) is 25.1 Å². The first-order valence-corrected chi connectivity index (χ1v) is 6.39. The van der Waals surface area contributed by atoms with Crippen LogP contribution >= 0.6 is 0 Å². The minimum absolute atomic E-state index is 0. The van der Waals surface area contributed by atoms with E-state index in [9.17, 15) is 0 Å². The maximum absolute atomic E-state index is 3.28. The number of rotatable bonds is 8. The Balaban J connectivity index is 0. The van der Waals surface area contributed by atoms with E-state index in [4.69, 9.17) is 0 Å². The van der Waals surface area contributed by atoms with Crippen LogP contribution in [0.5, 0.6) is 0 Å². The molecule has 0 atom stereocenters. The van der Waals surface area contributed by atoms with Crippen molar-refractivity contribution in [3.8, 4) is 0 Å². The van der Waals surface area contributed by atoms with E-state index in [0.717, 1.165) is 0 Å². The average molecular weight is 308 g/mol. The quantitative estimate of drug-likeness (QED) is 0.387. The van der Waals surface area contributed by atoms with Gasteiger partial charge in [-0.1, -0.05) is 58.3 Å². The Bertz CT molecular complexity index is 236. The first-order valence-electron chi connectivity index (χ1n) is 6.39. The fourth-order valence-corrected chi connectivity index (χ4v) is 1.86. The van der Waals surface area contributed by atoms with Crippen LogP contribution in [0.4, 0.5) is 0 Å². The molecule has 0 N–H and O–H groups in total. The summed E-state index contributed by atoms with van der Waals surface area (Å²) in [6.45, 7) is 2.27. The molecule has 0 nitrogen and oxygen atoms in total. The fraction of sp³-hybridized carbons (Fsp3) is 0.600. The molecular formula is C15H23BrMg. The minimum atomic E-state index is 0. The number of hydrogen-bond acceptors (Lipinski definition) is 0. The summed E-state index contributed by atoms with van der Waals surface area (Å²) < 4.78 is 0. The van der Waals surface area contributed by atoms with Gasteiger partial charge in [0.25, 0.3) is 0 Å². The molecule has 0 radical (unpaired) electrons. The summed E-state index contributed by atoms with van der Waals surface area (Å²) in [5.41, 5.74) is 1.37. The van der Waals surface area contributed by atoms with Crippen LogP contribution in [0.1, 0.15) is 57.4 Å². The molecule has 0 aromatic heterocycles. The maximum atomic E-state index is 3.28. The van der Waals surface area contributed by atoms with Crippen LogP contribution in [0.15, 0.2) is 24.3 Å². The Hall–Kier alpha value is 0.466. The van der Waals surface area contributed by atoms with Gasteiger partial charge in [-0.3, -0.25) is 0 Å². The third-order valence-electron chi connectivity index (χ3n) is 2.82. The Labute approximate surface area is 133 Å². The molecule has 17 heavy (non-hydrogen) atoms. The zero-order valence-corrected chi connectivity index (χ0v) is 14.1. The summed E-state index contributed by atoms with van der Waals surface area (Å²) in [5, 5.41) is 0. The van der Waals surface area contributed by atoms with Gasteiger partial charge in [0.2, 0.25) is 0 Å². The van der Waals surface area contributed by atoms with Gasteiger partial charge >= 0.3 is 23.1 Å². The molecule has 1 aromatic rings. The van der Waals surface area contributed by atoms with Crippen molar-refractivity contribution in [1.82, 2.24) is 0 Å². The van der Waals surface area contributed by atoms with Crippen molar-refractivity contribution in [1.29, 1.82) is 0 Å². The first kappa shape index (κ1) is 19.8. The number of benzene rings is 1. The molecule has 0 aliphatic rings. The Morgan fingerprint density at radius 3 is 2.18 bits per heavy atom. The molecule has 0 amide bonds. The smallest absolute Gasteiger partial charge is 1.00 e. The van der Waals surface area contributed by atoms with Crippen molar-refractivity contribution >= 4 is 23.1 Å². The number of hydrogen-bond donors (Lipinski definition) is 0. The van der Waals surface area contributed by atoms with Gasteiger partial charge in [0.1, 0.15) is 0 Å².